The van der Waals surface area contributed by atoms with Crippen molar-refractivity contribution in [2.75, 3.05) is 19.9 Å². The van der Waals surface area contributed by atoms with E-state index in [4.69, 9.17) is 10.5 Å². The van der Waals surface area contributed by atoms with Gasteiger partial charge in [-0.15, -0.1) is 11.3 Å². The molecule has 1 aromatic carbocycles. The highest BCUT2D eigenvalue weighted by Gasteiger charge is 2.07. The normalized spacial score (nSPS) is 10.8. The van der Waals surface area contributed by atoms with E-state index in [9.17, 15) is 0 Å². The number of nitrogens with zero attached hydrogens (tertiary/aromatic N) is 2. The van der Waals surface area contributed by atoms with Gasteiger partial charge in [0, 0.05) is 24.0 Å². The highest BCUT2D eigenvalue weighted by atomic mass is 32.1. The second kappa shape index (κ2) is 5.84. The van der Waals surface area contributed by atoms with Crippen molar-refractivity contribution < 1.29 is 4.74 Å². The Bertz CT molecular complexity index is 512. The molecule has 0 bridgehead atoms. The van der Waals surface area contributed by atoms with Crippen LogP contribution in [0.1, 0.15) is 11.3 Å². The van der Waals surface area contributed by atoms with Crippen molar-refractivity contribution in [2.45, 2.75) is 13.1 Å². The number of nitrogens with two attached hydrogens (primary N) is 1. The molecular weight excluding hydrogens is 246 g/mol. The Balaban J connectivity index is 2.00. The van der Waals surface area contributed by atoms with Crippen LogP contribution in [0, 0.1) is 0 Å². The number of thiazole rings is 1. The topological polar surface area (TPSA) is 51.4 Å². The van der Waals surface area contributed by atoms with E-state index in [2.05, 4.69) is 23.0 Å². The first-order valence-corrected chi connectivity index (χ1v) is 6.57. The number of hydrogen-bond donors (Lipinski definition) is 1. The molecule has 1 aromatic heterocycles. The lowest BCUT2D eigenvalue weighted by atomic mass is 10.2. The molecule has 0 unspecified atom stereocenters. The summed E-state index contributed by atoms with van der Waals surface area (Å²) >= 11 is 1.48. The zero-order valence-electron chi connectivity index (χ0n) is 10.6. The van der Waals surface area contributed by atoms with Crippen LogP contribution in [0.3, 0.4) is 0 Å². The van der Waals surface area contributed by atoms with Crippen LogP contribution in [-0.4, -0.2) is 24.0 Å². The third-order valence-electron chi connectivity index (χ3n) is 2.63. The smallest absolute Gasteiger partial charge is 0.180 e. The van der Waals surface area contributed by atoms with Gasteiger partial charge in [0.05, 0.1) is 12.8 Å². The number of anilines is 1. The van der Waals surface area contributed by atoms with Crippen molar-refractivity contribution in [3.8, 4) is 5.75 Å². The molecule has 2 aromatic rings. The van der Waals surface area contributed by atoms with Gasteiger partial charge in [0.1, 0.15) is 5.75 Å². The lowest BCUT2D eigenvalue weighted by Crippen LogP contribution is -2.17. The highest BCUT2D eigenvalue weighted by Crippen LogP contribution is 2.20. The van der Waals surface area contributed by atoms with Crippen LogP contribution in [0.25, 0.3) is 0 Å². The first kappa shape index (κ1) is 12.9. The predicted molar refractivity (Wildman–Crippen MR) is 74.7 cm³/mol. The Morgan fingerprint density at radius 2 is 2.11 bits per heavy atom. The zero-order valence-corrected chi connectivity index (χ0v) is 11.4. The van der Waals surface area contributed by atoms with Crippen molar-refractivity contribution in [3.63, 3.8) is 0 Å². The van der Waals surface area contributed by atoms with Crippen LogP contribution in [0.5, 0.6) is 5.75 Å². The molecule has 0 saturated carbocycles. The van der Waals surface area contributed by atoms with E-state index in [1.54, 1.807) is 7.11 Å². The molecule has 0 atom stereocenters. The number of aromatic nitrogens is 1. The van der Waals surface area contributed by atoms with Gasteiger partial charge in [0.15, 0.2) is 5.13 Å². The minimum Gasteiger partial charge on any atom is -0.496 e. The maximum atomic E-state index is 5.62. The number of nitrogen functional groups attached to an aromatic ring is 1. The SMILES string of the molecule is COc1ccccc1CN(C)Cc1csc(N)n1. The van der Waals surface area contributed by atoms with Crippen molar-refractivity contribution >= 4 is 16.5 Å². The van der Waals surface area contributed by atoms with Gasteiger partial charge in [0.2, 0.25) is 0 Å². The molecule has 0 saturated heterocycles. The summed E-state index contributed by atoms with van der Waals surface area (Å²) in [6.07, 6.45) is 0. The van der Waals surface area contributed by atoms with Gasteiger partial charge < -0.3 is 10.5 Å². The zero-order chi connectivity index (χ0) is 13.0. The van der Waals surface area contributed by atoms with Gasteiger partial charge in [-0.2, -0.15) is 0 Å². The Kier molecular flexibility index (Phi) is 4.17. The quantitative estimate of drug-likeness (QED) is 0.899. The van der Waals surface area contributed by atoms with Crippen molar-refractivity contribution in [2.24, 2.45) is 0 Å². The molecule has 18 heavy (non-hydrogen) atoms. The van der Waals surface area contributed by atoms with E-state index >= 15 is 0 Å². The standard InChI is InChI=1S/C13H17N3OS/c1-16(8-11-9-18-13(14)15-11)7-10-5-3-4-6-12(10)17-2/h3-6,9H,7-8H2,1-2H3,(H2,14,15). The lowest BCUT2D eigenvalue weighted by Gasteiger charge is -2.17. The molecule has 0 aliphatic heterocycles. The van der Waals surface area contributed by atoms with Crippen LogP contribution in [0.2, 0.25) is 0 Å². The van der Waals surface area contributed by atoms with Gasteiger partial charge in [-0.3, -0.25) is 4.90 Å². The summed E-state index contributed by atoms with van der Waals surface area (Å²) in [5, 5.41) is 2.62. The maximum absolute atomic E-state index is 5.62. The van der Waals surface area contributed by atoms with E-state index in [1.165, 1.54) is 16.9 Å². The Labute approximate surface area is 111 Å². The number of benzene rings is 1. The van der Waals surface area contributed by atoms with Crippen molar-refractivity contribution in [1.82, 2.24) is 9.88 Å². The van der Waals surface area contributed by atoms with E-state index in [0.717, 1.165) is 24.5 Å². The Hall–Kier alpha value is -1.59. The van der Waals surface area contributed by atoms with Crippen LogP contribution < -0.4 is 10.5 Å². The second-order valence-electron chi connectivity index (χ2n) is 4.16. The van der Waals surface area contributed by atoms with Crippen molar-refractivity contribution in [3.05, 3.63) is 40.9 Å². The fraction of sp³-hybridized carbons (Fsp3) is 0.308. The van der Waals surface area contributed by atoms with E-state index in [1.807, 2.05) is 23.6 Å². The van der Waals surface area contributed by atoms with E-state index in [-0.39, 0.29) is 0 Å². The molecule has 1 heterocycles. The number of para-hydroxylation sites is 1. The van der Waals surface area contributed by atoms with E-state index < -0.39 is 0 Å². The molecule has 96 valence electrons. The molecule has 0 aliphatic rings. The van der Waals surface area contributed by atoms with Gasteiger partial charge in [-0.25, -0.2) is 4.98 Å². The number of ether oxygens (including phenoxy) is 1. The van der Waals surface area contributed by atoms with Gasteiger partial charge in [-0.1, -0.05) is 18.2 Å². The third kappa shape index (κ3) is 3.21. The fourth-order valence-electron chi connectivity index (χ4n) is 1.85. The molecule has 5 heteroatoms. The van der Waals surface area contributed by atoms with Gasteiger partial charge in [-0.05, 0) is 13.1 Å². The third-order valence-corrected chi connectivity index (χ3v) is 3.36. The summed E-state index contributed by atoms with van der Waals surface area (Å²) in [6.45, 7) is 1.60. The van der Waals surface area contributed by atoms with E-state index in [0.29, 0.717) is 5.13 Å². The van der Waals surface area contributed by atoms with Gasteiger partial charge >= 0.3 is 0 Å². The number of methoxy groups -OCH3 is 1. The summed E-state index contributed by atoms with van der Waals surface area (Å²) in [7, 11) is 3.75. The molecule has 0 aliphatic carbocycles. The largest absolute Gasteiger partial charge is 0.496 e. The molecule has 0 radical (unpaired) electrons. The van der Waals surface area contributed by atoms with Crippen LogP contribution in [-0.2, 0) is 13.1 Å². The summed E-state index contributed by atoms with van der Waals surface area (Å²) in [6, 6.07) is 8.05. The predicted octanol–water partition coefficient (Wildman–Crippen LogP) is 2.37. The second-order valence-corrected chi connectivity index (χ2v) is 5.05. The Morgan fingerprint density at radius 3 is 2.78 bits per heavy atom. The van der Waals surface area contributed by atoms with Crippen LogP contribution in [0.15, 0.2) is 29.6 Å². The summed E-state index contributed by atoms with van der Waals surface area (Å²) in [5.74, 6) is 0.919. The molecule has 0 spiro atoms. The van der Waals surface area contributed by atoms with Gasteiger partial charge in [0.25, 0.3) is 0 Å². The first-order chi connectivity index (χ1) is 8.69. The minimum absolute atomic E-state index is 0.621. The molecule has 0 fully saturated rings. The highest BCUT2D eigenvalue weighted by molar-refractivity contribution is 7.13. The van der Waals surface area contributed by atoms with Crippen molar-refractivity contribution in [1.29, 1.82) is 0 Å². The first-order valence-electron chi connectivity index (χ1n) is 5.69. The lowest BCUT2D eigenvalue weighted by molar-refractivity contribution is 0.307. The number of hydrogen-bond acceptors (Lipinski definition) is 5. The number of rotatable bonds is 5. The minimum atomic E-state index is 0.621. The molecule has 0 amide bonds. The summed E-state index contributed by atoms with van der Waals surface area (Å²) < 4.78 is 5.34. The van der Waals surface area contributed by atoms with Crippen LogP contribution in [0.4, 0.5) is 5.13 Å². The molecule has 2 rings (SSSR count). The fourth-order valence-corrected chi connectivity index (χ4v) is 2.41. The molecular formula is C13H17N3OS. The average Bonchev–Trinajstić information content (AvgIpc) is 2.75. The Morgan fingerprint density at radius 1 is 1.33 bits per heavy atom. The van der Waals surface area contributed by atoms with Crippen LogP contribution >= 0.6 is 11.3 Å². The average molecular weight is 263 g/mol. The summed E-state index contributed by atoms with van der Waals surface area (Å²) in [4.78, 5) is 6.45. The molecule has 2 N–H and O–H groups in total. The summed E-state index contributed by atoms with van der Waals surface area (Å²) in [5.41, 5.74) is 7.80. The monoisotopic (exact) mass is 263 g/mol. The molecule has 4 nitrogen and oxygen atoms in total. The maximum Gasteiger partial charge on any atom is 0.180 e.